The quantitative estimate of drug-likeness (QED) is 0.209. The van der Waals surface area contributed by atoms with Gasteiger partial charge in [0.2, 0.25) is 6.54 Å². The summed E-state index contributed by atoms with van der Waals surface area (Å²) in [5.41, 5.74) is 4.04. The van der Waals surface area contributed by atoms with Gasteiger partial charge in [0.15, 0.2) is 11.6 Å². The van der Waals surface area contributed by atoms with Crippen LogP contribution in [0.4, 0.5) is 33.5 Å². The van der Waals surface area contributed by atoms with Crippen molar-refractivity contribution in [1.82, 2.24) is 19.8 Å². The number of ether oxygens (including phenoxy) is 2. The molecule has 2 fully saturated rings. The Labute approximate surface area is 257 Å². The number of halogens is 5. The van der Waals surface area contributed by atoms with Gasteiger partial charge in [-0.15, -0.1) is 0 Å². The highest BCUT2D eigenvalue weighted by Crippen LogP contribution is 2.44. The molecule has 1 unspecified atom stereocenters. The Hall–Kier alpha value is -4.03. The molecule has 3 aliphatic heterocycles. The van der Waals surface area contributed by atoms with E-state index in [0.717, 1.165) is 25.5 Å². The van der Waals surface area contributed by atoms with Crippen LogP contribution in [-0.4, -0.2) is 84.1 Å². The molecule has 5 rings (SSSR count). The summed E-state index contributed by atoms with van der Waals surface area (Å²) in [5, 5.41) is 0. The highest BCUT2D eigenvalue weighted by atomic mass is 19.4. The monoisotopic (exact) mass is 635 g/mol. The van der Waals surface area contributed by atoms with Gasteiger partial charge < -0.3 is 34.8 Å². The number of aromatic nitrogens is 2. The van der Waals surface area contributed by atoms with Gasteiger partial charge in [0.1, 0.15) is 18.5 Å². The minimum absolute atomic E-state index is 0.0117. The van der Waals surface area contributed by atoms with Crippen LogP contribution >= 0.6 is 0 Å². The smallest absolute Gasteiger partial charge is 0.417 e. The van der Waals surface area contributed by atoms with Crippen molar-refractivity contribution in [2.45, 2.75) is 57.2 Å². The van der Waals surface area contributed by atoms with E-state index in [2.05, 4.69) is 26.3 Å². The fourth-order valence-corrected chi connectivity index (χ4v) is 6.36. The van der Waals surface area contributed by atoms with Crippen LogP contribution in [0.3, 0.4) is 0 Å². The van der Waals surface area contributed by atoms with E-state index in [1.807, 2.05) is 7.05 Å². The highest BCUT2D eigenvalue weighted by molar-refractivity contribution is 5.91. The van der Waals surface area contributed by atoms with Crippen molar-refractivity contribution in [2.75, 3.05) is 57.0 Å². The van der Waals surface area contributed by atoms with E-state index in [9.17, 15) is 22.4 Å². The number of nitrogens with two attached hydrogens (primary N) is 1. The van der Waals surface area contributed by atoms with E-state index in [0.29, 0.717) is 17.1 Å². The Morgan fingerprint density at radius 1 is 1.27 bits per heavy atom. The lowest BCUT2D eigenvalue weighted by Crippen LogP contribution is -2.57. The molecule has 0 spiro atoms. The van der Waals surface area contributed by atoms with Gasteiger partial charge in [-0.05, 0) is 45.0 Å². The van der Waals surface area contributed by atoms with Crippen molar-refractivity contribution in [2.24, 2.45) is 0 Å². The number of nitrogen functional groups attached to an aromatic ring is 1. The van der Waals surface area contributed by atoms with Crippen molar-refractivity contribution in [3.63, 3.8) is 0 Å². The van der Waals surface area contributed by atoms with E-state index in [1.165, 1.54) is 11.8 Å². The molecular weight excluding hydrogens is 601 g/mol. The summed E-state index contributed by atoms with van der Waals surface area (Å²) in [6.07, 6.45) is -4.53. The van der Waals surface area contributed by atoms with Crippen LogP contribution in [0.5, 0.6) is 6.01 Å². The fraction of sp³-hybridized carbons (Fsp3) is 0.533. The largest absolute Gasteiger partial charge is 0.462 e. The van der Waals surface area contributed by atoms with Crippen LogP contribution in [0.15, 0.2) is 18.5 Å². The Balaban J connectivity index is 1.53. The number of likely N-dealkylation sites (tertiary alicyclic amines) is 1. The van der Waals surface area contributed by atoms with E-state index >= 15 is 4.39 Å². The van der Waals surface area contributed by atoms with Gasteiger partial charge in [0, 0.05) is 43.2 Å². The third kappa shape index (κ3) is 6.53. The van der Waals surface area contributed by atoms with Crippen LogP contribution in [0.1, 0.15) is 46.9 Å². The van der Waals surface area contributed by atoms with Crippen molar-refractivity contribution >= 4 is 17.4 Å². The normalized spacial score (nSPS) is 22.2. The molecule has 0 aliphatic carbocycles. The topological polar surface area (TPSA) is 101 Å². The van der Waals surface area contributed by atoms with Gasteiger partial charge >= 0.3 is 12.2 Å². The van der Waals surface area contributed by atoms with Crippen LogP contribution in [0.25, 0.3) is 4.85 Å². The molecule has 4 heterocycles. The number of piperazine rings is 1. The lowest BCUT2D eigenvalue weighted by atomic mass is 9.91. The maximum atomic E-state index is 15.3. The number of likely N-dealkylation sites (N-methyl/N-ethyl adjacent to an activating group) is 1. The van der Waals surface area contributed by atoms with Crippen LogP contribution in [-0.2, 0) is 28.7 Å². The number of hydrogen-bond acceptors (Lipinski definition) is 8. The van der Waals surface area contributed by atoms with Gasteiger partial charge in [0.05, 0.1) is 29.7 Å². The first-order valence-corrected chi connectivity index (χ1v) is 14.5. The molecule has 0 radical (unpaired) electrons. The Morgan fingerprint density at radius 2 is 2.02 bits per heavy atom. The third-order valence-corrected chi connectivity index (χ3v) is 8.64. The van der Waals surface area contributed by atoms with Crippen molar-refractivity contribution in [1.29, 1.82) is 0 Å². The molecule has 10 nitrogen and oxygen atoms in total. The number of anilines is 2. The molecule has 0 saturated carbocycles. The Kier molecular flexibility index (Phi) is 9.18. The van der Waals surface area contributed by atoms with Crippen LogP contribution < -0.4 is 15.4 Å². The summed E-state index contributed by atoms with van der Waals surface area (Å²) in [6, 6.07) is 0.373. The van der Waals surface area contributed by atoms with Gasteiger partial charge in [0.25, 0.3) is 5.91 Å². The molecule has 1 amide bonds. The summed E-state index contributed by atoms with van der Waals surface area (Å²) in [6.45, 7) is 12.9. The predicted molar refractivity (Wildman–Crippen MR) is 154 cm³/mol. The predicted octanol–water partition coefficient (Wildman–Crippen LogP) is 4.23. The van der Waals surface area contributed by atoms with E-state index < -0.39 is 52.7 Å². The molecule has 242 valence electrons. The first-order valence-electron chi connectivity index (χ1n) is 14.5. The zero-order valence-corrected chi connectivity index (χ0v) is 25.0. The van der Waals surface area contributed by atoms with Gasteiger partial charge in [-0.25, -0.2) is 15.4 Å². The first kappa shape index (κ1) is 32.4. The Bertz CT molecular complexity index is 1530. The number of benzene rings is 1. The zero-order chi connectivity index (χ0) is 32.6. The second-order valence-corrected chi connectivity index (χ2v) is 11.6. The molecule has 2 saturated heterocycles. The summed E-state index contributed by atoms with van der Waals surface area (Å²) in [4.78, 5) is 30.2. The average molecular weight is 636 g/mol. The van der Waals surface area contributed by atoms with Crippen LogP contribution in [0, 0.1) is 19.3 Å². The van der Waals surface area contributed by atoms with Crippen molar-refractivity contribution < 1.29 is 36.2 Å². The van der Waals surface area contributed by atoms with Crippen molar-refractivity contribution in [3.8, 4) is 6.01 Å². The molecule has 0 bridgehead atoms. The number of amides is 1. The fourth-order valence-electron chi connectivity index (χ4n) is 6.36. The molecule has 2 aromatic rings. The Morgan fingerprint density at radius 3 is 2.67 bits per heavy atom. The first-order chi connectivity index (χ1) is 21.3. The van der Waals surface area contributed by atoms with E-state index in [4.69, 9.17) is 21.8 Å². The SMILES string of the molecule is [C-]#[N+]C[C@H]1CN(c2nc(OC[C@@H]3CCCN3C)nc3c2COC(c2c(F)c(N)cc(C)c2C(F)(F)F)C3)CCN1C(=O)C(=C)F. The van der Waals surface area contributed by atoms with E-state index in [-0.39, 0.29) is 63.4 Å². The average Bonchev–Trinajstić information content (AvgIpc) is 3.40. The summed E-state index contributed by atoms with van der Waals surface area (Å²) >= 11 is 0. The number of nitrogens with zero attached hydrogens (tertiary/aromatic N) is 6. The molecule has 45 heavy (non-hydrogen) atoms. The lowest BCUT2D eigenvalue weighted by Gasteiger charge is -2.40. The van der Waals surface area contributed by atoms with E-state index in [1.54, 1.807) is 4.90 Å². The van der Waals surface area contributed by atoms with Gasteiger partial charge in [-0.1, -0.05) is 6.58 Å². The molecule has 15 heteroatoms. The third-order valence-electron chi connectivity index (χ3n) is 8.64. The minimum Gasteiger partial charge on any atom is -0.462 e. The molecular formula is C30H34F5N7O3. The second kappa shape index (κ2) is 12.8. The summed E-state index contributed by atoms with van der Waals surface area (Å²) in [5.74, 6) is -2.88. The molecule has 1 aromatic heterocycles. The highest BCUT2D eigenvalue weighted by Gasteiger charge is 2.42. The minimum atomic E-state index is -4.87. The second-order valence-electron chi connectivity index (χ2n) is 11.6. The maximum Gasteiger partial charge on any atom is 0.417 e. The number of carbonyl (C=O) groups excluding carboxylic acids is 1. The molecule has 3 aliphatic rings. The number of hydrogen-bond donors (Lipinski definition) is 1. The van der Waals surface area contributed by atoms with Gasteiger partial charge in [-0.2, -0.15) is 23.1 Å². The molecule has 1 aromatic carbocycles. The maximum absolute atomic E-state index is 15.3. The molecule has 2 N–H and O–H groups in total. The molecule has 3 atom stereocenters. The zero-order valence-electron chi connectivity index (χ0n) is 25.0. The van der Waals surface area contributed by atoms with Gasteiger partial charge in [-0.3, -0.25) is 4.79 Å². The van der Waals surface area contributed by atoms with Crippen molar-refractivity contribution in [3.05, 3.63) is 63.7 Å². The number of aryl methyl sites for hydroxylation is 1. The number of carbonyl (C=O) groups is 1. The number of rotatable bonds is 7. The summed E-state index contributed by atoms with van der Waals surface area (Å²) in [7, 11) is 1.98. The number of fused-ring (bicyclic) bond motifs is 1. The summed E-state index contributed by atoms with van der Waals surface area (Å²) < 4.78 is 83.5. The standard InChI is InChI=1S/C30H34F5N7O3/c1-16-10-21(36)26(32)24(25(16)30(33,34)35)23-11-22-20(15-44-23)27(39-29(38-22)45-14-18-6-5-7-40(18)4)41-8-9-42(28(43)17(2)31)19(13-41)12-37-3/h10,18-19,23H,2,5-9,11-15,36H2,1,4H3/t18-,19-,23?/m0/s1. The lowest BCUT2D eigenvalue weighted by molar-refractivity contribution is -0.140. The number of alkyl halides is 3. The van der Waals surface area contributed by atoms with Crippen LogP contribution in [0.2, 0.25) is 0 Å².